The van der Waals surface area contributed by atoms with Crippen LogP contribution in [0.5, 0.6) is 0 Å². The van der Waals surface area contributed by atoms with Crippen LogP contribution in [0.25, 0.3) is 0 Å². The fourth-order valence-corrected chi connectivity index (χ4v) is 1.09. The molecular formula is C5H3NO3S. The smallest absolute Gasteiger partial charge is 0.348 e. The summed E-state index contributed by atoms with van der Waals surface area (Å²) >= 11 is 0.940. The molecule has 0 aliphatic rings. The first-order chi connectivity index (χ1) is 4.75. The number of aromatic carboxylic acids is 1. The van der Waals surface area contributed by atoms with E-state index in [-0.39, 0.29) is 10.6 Å². The molecule has 1 heterocycles. The molecular weight excluding hydrogens is 154 g/mol. The molecule has 1 aromatic rings. The number of carbonyl (C=O) groups is 2. The third-order valence-electron chi connectivity index (χ3n) is 0.901. The molecule has 0 amide bonds. The van der Waals surface area contributed by atoms with Crippen LogP contribution in [0.1, 0.15) is 20.2 Å². The van der Waals surface area contributed by atoms with E-state index in [0.29, 0.717) is 6.29 Å². The highest BCUT2D eigenvalue weighted by molar-refractivity contribution is 7.12. The van der Waals surface area contributed by atoms with Crippen molar-refractivity contribution >= 4 is 23.6 Å². The fourth-order valence-electron chi connectivity index (χ4n) is 0.499. The van der Waals surface area contributed by atoms with Crippen molar-refractivity contribution < 1.29 is 14.7 Å². The van der Waals surface area contributed by atoms with Crippen LogP contribution in [0.15, 0.2) is 5.51 Å². The molecule has 0 fully saturated rings. The minimum atomic E-state index is -1.11. The van der Waals surface area contributed by atoms with Crippen molar-refractivity contribution in [2.24, 2.45) is 0 Å². The molecule has 1 aromatic heterocycles. The maximum atomic E-state index is 10.3. The van der Waals surface area contributed by atoms with Crippen LogP contribution < -0.4 is 0 Å². The Balaban J connectivity index is 3.13. The number of carboxylic acid groups (broad SMARTS) is 1. The second kappa shape index (κ2) is 2.57. The lowest BCUT2D eigenvalue weighted by atomic mass is 10.4. The molecule has 0 radical (unpaired) electrons. The lowest BCUT2D eigenvalue weighted by Gasteiger charge is -1.83. The molecule has 0 aliphatic heterocycles. The lowest BCUT2D eigenvalue weighted by Crippen LogP contribution is -1.96. The predicted molar refractivity (Wildman–Crippen MR) is 34.5 cm³/mol. The topological polar surface area (TPSA) is 67.3 Å². The van der Waals surface area contributed by atoms with Crippen molar-refractivity contribution in [3.63, 3.8) is 0 Å². The van der Waals surface area contributed by atoms with Crippen molar-refractivity contribution in [2.75, 3.05) is 0 Å². The first kappa shape index (κ1) is 6.88. The summed E-state index contributed by atoms with van der Waals surface area (Å²) in [7, 11) is 0. The van der Waals surface area contributed by atoms with Gasteiger partial charge in [-0.15, -0.1) is 11.3 Å². The summed E-state index contributed by atoms with van der Waals surface area (Å²) in [6.07, 6.45) is 0.431. The SMILES string of the molecule is O=Cc1ncsc1C(=O)O. The summed E-state index contributed by atoms with van der Waals surface area (Å²) in [6, 6.07) is 0. The molecule has 0 atom stereocenters. The van der Waals surface area contributed by atoms with Gasteiger partial charge in [0.25, 0.3) is 0 Å². The van der Waals surface area contributed by atoms with Crippen LogP contribution in [0, 0.1) is 0 Å². The quantitative estimate of drug-likeness (QED) is 0.640. The van der Waals surface area contributed by atoms with E-state index in [1.807, 2.05) is 0 Å². The summed E-state index contributed by atoms with van der Waals surface area (Å²) in [4.78, 5) is 23.8. The van der Waals surface area contributed by atoms with Crippen LogP contribution in [0.2, 0.25) is 0 Å². The maximum Gasteiger partial charge on any atom is 0.348 e. The number of rotatable bonds is 2. The summed E-state index contributed by atoms with van der Waals surface area (Å²) in [5, 5.41) is 8.40. The van der Waals surface area contributed by atoms with Crippen molar-refractivity contribution in [2.45, 2.75) is 0 Å². The normalized spacial score (nSPS) is 9.20. The van der Waals surface area contributed by atoms with E-state index in [1.165, 1.54) is 5.51 Å². The van der Waals surface area contributed by atoms with Gasteiger partial charge in [-0.2, -0.15) is 0 Å². The number of carbonyl (C=O) groups excluding carboxylic acids is 1. The van der Waals surface area contributed by atoms with E-state index in [4.69, 9.17) is 5.11 Å². The lowest BCUT2D eigenvalue weighted by molar-refractivity contribution is 0.0699. The highest BCUT2D eigenvalue weighted by atomic mass is 32.1. The minimum Gasteiger partial charge on any atom is -0.477 e. The van der Waals surface area contributed by atoms with E-state index in [9.17, 15) is 9.59 Å². The Morgan fingerprint density at radius 3 is 2.90 bits per heavy atom. The van der Waals surface area contributed by atoms with Crippen molar-refractivity contribution in [3.8, 4) is 0 Å². The van der Waals surface area contributed by atoms with Gasteiger partial charge in [0.2, 0.25) is 0 Å². The summed E-state index contributed by atoms with van der Waals surface area (Å²) < 4.78 is 0. The van der Waals surface area contributed by atoms with Crippen LogP contribution in [0.4, 0.5) is 0 Å². The largest absolute Gasteiger partial charge is 0.477 e. The molecule has 4 nitrogen and oxygen atoms in total. The van der Waals surface area contributed by atoms with E-state index in [2.05, 4.69) is 4.98 Å². The Kier molecular flexibility index (Phi) is 1.77. The van der Waals surface area contributed by atoms with Gasteiger partial charge in [0.15, 0.2) is 6.29 Å². The molecule has 5 heteroatoms. The first-order valence-corrected chi connectivity index (χ1v) is 3.25. The van der Waals surface area contributed by atoms with Gasteiger partial charge in [-0.1, -0.05) is 0 Å². The first-order valence-electron chi connectivity index (χ1n) is 2.37. The minimum absolute atomic E-state index is 0.00231. The molecule has 0 aliphatic carbocycles. The average molecular weight is 157 g/mol. The monoisotopic (exact) mass is 157 g/mol. The van der Waals surface area contributed by atoms with Crippen molar-refractivity contribution in [1.82, 2.24) is 4.98 Å². The van der Waals surface area contributed by atoms with Gasteiger partial charge in [-0.3, -0.25) is 4.79 Å². The van der Waals surface area contributed by atoms with Crippen LogP contribution in [0.3, 0.4) is 0 Å². The molecule has 52 valence electrons. The molecule has 1 N–H and O–H groups in total. The zero-order valence-corrected chi connectivity index (χ0v) is 5.59. The van der Waals surface area contributed by atoms with E-state index >= 15 is 0 Å². The Bertz CT molecular complexity index is 268. The maximum absolute atomic E-state index is 10.3. The number of hydrogen-bond acceptors (Lipinski definition) is 4. The zero-order chi connectivity index (χ0) is 7.56. The van der Waals surface area contributed by atoms with Gasteiger partial charge in [0.05, 0.1) is 5.51 Å². The second-order valence-corrected chi connectivity index (χ2v) is 2.34. The summed E-state index contributed by atoms with van der Waals surface area (Å²) in [6.45, 7) is 0. The molecule has 0 bridgehead atoms. The summed E-state index contributed by atoms with van der Waals surface area (Å²) in [5.74, 6) is -1.11. The third kappa shape index (κ3) is 1.03. The molecule has 0 spiro atoms. The number of nitrogens with zero attached hydrogens (tertiary/aromatic N) is 1. The van der Waals surface area contributed by atoms with Crippen LogP contribution >= 0.6 is 11.3 Å². The summed E-state index contributed by atoms with van der Waals surface area (Å²) in [5.41, 5.74) is 1.32. The van der Waals surface area contributed by atoms with Gasteiger partial charge in [-0.05, 0) is 0 Å². The third-order valence-corrected chi connectivity index (χ3v) is 1.73. The Hall–Kier alpha value is -1.23. The van der Waals surface area contributed by atoms with Gasteiger partial charge in [0, 0.05) is 0 Å². The molecule has 0 unspecified atom stereocenters. The standard InChI is InChI=1S/C5H3NO3S/c7-1-3-4(5(8)9)10-2-6-3/h1-2H,(H,8,9). The molecule has 0 saturated heterocycles. The van der Waals surface area contributed by atoms with Crippen molar-refractivity contribution in [1.29, 1.82) is 0 Å². The fraction of sp³-hybridized carbons (Fsp3) is 0. The highest BCUT2D eigenvalue weighted by Gasteiger charge is 2.11. The van der Waals surface area contributed by atoms with E-state index in [1.54, 1.807) is 0 Å². The molecule has 0 aromatic carbocycles. The number of thiazole rings is 1. The van der Waals surface area contributed by atoms with Gasteiger partial charge < -0.3 is 5.11 Å². The number of hydrogen-bond donors (Lipinski definition) is 1. The van der Waals surface area contributed by atoms with Crippen LogP contribution in [-0.4, -0.2) is 22.3 Å². The molecule has 1 rings (SSSR count). The molecule has 10 heavy (non-hydrogen) atoms. The Labute approximate surface area is 60.1 Å². The van der Waals surface area contributed by atoms with E-state index < -0.39 is 5.97 Å². The number of aldehydes is 1. The van der Waals surface area contributed by atoms with Gasteiger partial charge in [0.1, 0.15) is 10.6 Å². The van der Waals surface area contributed by atoms with E-state index in [0.717, 1.165) is 11.3 Å². The van der Waals surface area contributed by atoms with Gasteiger partial charge >= 0.3 is 5.97 Å². The molecule has 0 saturated carbocycles. The van der Waals surface area contributed by atoms with Crippen molar-refractivity contribution in [3.05, 3.63) is 16.1 Å². The zero-order valence-electron chi connectivity index (χ0n) is 4.77. The number of carboxylic acids is 1. The predicted octanol–water partition coefficient (Wildman–Crippen LogP) is 0.654. The average Bonchev–Trinajstić information content (AvgIpc) is 2.33. The second-order valence-electron chi connectivity index (χ2n) is 1.49. The Morgan fingerprint density at radius 1 is 1.80 bits per heavy atom. The van der Waals surface area contributed by atoms with Gasteiger partial charge in [-0.25, -0.2) is 9.78 Å². The number of aromatic nitrogens is 1. The Morgan fingerprint density at radius 2 is 2.50 bits per heavy atom. The highest BCUT2D eigenvalue weighted by Crippen LogP contribution is 2.10. The van der Waals surface area contributed by atoms with Crippen LogP contribution in [-0.2, 0) is 0 Å².